The van der Waals surface area contributed by atoms with E-state index in [0.29, 0.717) is 92.5 Å². The van der Waals surface area contributed by atoms with E-state index in [1.807, 2.05) is 0 Å². The Morgan fingerprint density at radius 2 is 0.537 bits per heavy atom. The van der Waals surface area contributed by atoms with E-state index >= 15 is 0 Å². The number of hydrogen-bond donors (Lipinski definition) is 4. The minimum Gasteiger partial charge on any atom is -0.480 e. The predicted octanol–water partition coefficient (Wildman–Crippen LogP) is 7.08. The van der Waals surface area contributed by atoms with Crippen LogP contribution in [0.15, 0.2) is 0 Å². The SMILES string of the molecule is O=C(O)COCCOCCOCCOCCOCCCCCCCCCCCS.OCCOCCOCCOCCOCCCCCCCCCCCS. The van der Waals surface area contributed by atoms with Crippen LogP contribution in [0.25, 0.3) is 0 Å². The highest BCUT2D eigenvalue weighted by atomic mass is 32.1. The van der Waals surface area contributed by atoms with E-state index in [4.69, 9.17) is 52.8 Å². The zero-order valence-corrected chi connectivity index (χ0v) is 35.7. The number of hydrogen-bond acceptors (Lipinski definition) is 13. The molecule has 0 spiro atoms. The van der Waals surface area contributed by atoms with Crippen LogP contribution in [-0.4, -0.2) is 153 Å². The van der Waals surface area contributed by atoms with Crippen LogP contribution in [0.3, 0.4) is 0 Å². The van der Waals surface area contributed by atoms with Gasteiger partial charge in [0.05, 0.1) is 106 Å². The standard InChI is InChI=1S/C21H42O7S.C19H40O5S/c22-21(23)20-28-18-17-27-16-15-26-14-13-25-12-11-24-10-8-6-4-2-1-3-5-7-9-19-29;20-10-12-22-14-16-24-18-17-23-15-13-21-11-8-6-4-2-1-3-5-7-9-19-25/h29H,1-20H2,(H,22,23);20,25H,1-19H2. The van der Waals surface area contributed by atoms with Gasteiger partial charge in [-0.1, -0.05) is 89.9 Å². The van der Waals surface area contributed by atoms with Gasteiger partial charge in [0.25, 0.3) is 0 Å². The number of thiol groups is 2. The van der Waals surface area contributed by atoms with E-state index in [1.54, 1.807) is 0 Å². The molecule has 0 aromatic heterocycles. The third-order valence-electron chi connectivity index (χ3n) is 7.96. The summed E-state index contributed by atoms with van der Waals surface area (Å²) in [5.41, 5.74) is 0. The van der Waals surface area contributed by atoms with Crippen molar-refractivity contribution in [1.29, 1.82) is 0 Å². The number of unbranched alkanes of at least 4 members (excludes halogenated alkanes) is 16. The molecule has 0 bridgehead atoms. The summed E-state index contributed by atoms with van der Waals surface area (Å²) < 4.78 is 47.9. The predicted molar refractivity (Wildman–Crippen MR) is 223 cm³/mol. The Bertz CT molecular complexity index is 648. The van der Waals surface area contributed by atoms with Gasteiger partial charge in [-0.2, -0.15) is 25.3 Å². The van der Waals surface area contributed by atoms with Crippen LogP contribution in [-0.2, 0) is 47.4 Å². The molecule has 0 saturated carbocycles. The maximum absolute atomic E-state index is 10.2. The van der Waals surface area contributed by atoms with Crippen molar-refractivity contribution >= 4 is 31.2 Å². The van der Waals surface area contributed by atoms with Crippen LogP contribution in [0.4, 0.5) is 0 Å². The second-order valence-corrected chi connectivity index (χ2v) is 13.8. The van der Waals surface area contributed by atoms with Gasteiger partial charge in [-0.25, -0.2) is 4.79 Å². The maximum atomic E-state index is 10.2. The summed E-state index contributed by atoms with van der Waals surface area (Å²) >= 11 is 8.46. The van der Waals surface area contributed by atoms with E-state index in [2.05, 4.69) is 25.3 Å². The Hall–Kier alpha value is -0.230. The summed E-state index contributed by atoms with van der Waals surface area (Å²) in [7, 11) is 0. The maximum Gasteiger partial charge on any atom is 0.329 e. The first-order valence-corrected chi connectivity index (χ1v) is 22.2. The van der Waals surface area contributed by atoms with Crippen LogP contribution in [0.1, 0.15) is 116 Å². The lowest BCUT2D eigenvalue weighted by Crippen LogP contribution is -2.14. The molecule has 0 atom stereocenters. The van der Waals surface area contributed by atoms with Crippen LogP contribution in [0, 0.1) is 0 Å². The number of aliphatic hydroxyl groups excluding tert-OH is 1. The smallest absolute Gasteiger partial charge is 0.329 e. The van der Waals surface area contributed by atoms with Gasteiger partial charge in [0, 0.05) is 13.2 Å². The summed E-state index contributed by atoms with van der Waals surface area (Å²) in [6, 6.07) is 0. The van der Waals surface area contributed by atoms with E-state index in [9.17, 15) is 4.79 Å². The van der Waals surface area contributed by atoms with Gasteiger partial charge in [0.2, 0.25) is 0 Å². The van der Waals surface area contributed by atoms with Crippen molar-refractivity contribution in [2.45, 2.75) is 116 Å². The summed E-state index contributed by atoms with van der Waals surface area (Å²) in [4.78, 5) is 10.2. The van der Waals surface area contributed by atoms with Gasteiger partial charge in [-0.15, -0.1) is 0 Å². The van der Waals surface area contributed by atoms with E-state index < -0.39 is 5.97 Å². The Labute approximate surface area is 340 Å². The summed E-state index contributed by atoms with van der Waals surface area (Å²) in [6.45, 7) is 9.11. The number of carboxylic acid groups (broad SMARTS) is 1. The lowest BCUT2D eigenvalue weighted by atomic mass is 10.1. The van der Waals surface area contributed by atoms with Gasteiger partial charge in [-0.05, 0) is 37.2 Å². The highest BCUT2D eigenvalue weighted by molar-refractivity contribution is 7.80. The van der Waals surface area contributed by atoms with Crippen molar-refractivity contribution in [3.8, 4) is 0 Å². The number of aliphatic carboxylic acids is 1. The Morgan fingerprint density at radius 1 is 0.315 bits per heavy atom. The molecule has 12 nitrogen and oxygen atoms in total. The Balaban J connectivity index is 0. The zero-order valence-electron chi connectivity index (χ0n) is 33.9. The molecule has 0 aromatic rings. The molecule has 14 heteroatoms. The third kappa shape index (κ3) is 58.5. The molecule has 0 aliphatic carbocycles. The highest BCUT2D eigenvalue weighted by Gasteiger charge is 1.98. The van der Waals surface area contributed by atoms with Crippen molar-refractivity contribution in [1.82, 2.24) is 0 Å². The molecule has 0 unspecified atom stereocenters. The van der Waals surface area contributed by atoms with Crippen LogP contribution >= 0.6 is 25.3 Å². The molecular formula is C40H82O12S2. The molecule has 0 aliphatic rings. The molecule has 0 amide bonds. The monoisotopic (exact) mass is 819 g/mol. The first-order chi connectivity index (χ1) is 26.7. The fraction of sp³-hybridized carbons (Fsp3) is 0.975. The molecule has 54 heavy (non-hydrogen) atoms. The van der Waals surface area contributed by atoms with E-state index in [-0.39, 0.29) is 19.8 Å². The van der Waals surface area contributed by atoms with Crippen molar-refractivity contribution < 1.29 is 57.6 Å². The summed E-state index contributed by atoms with van der Waals surface area (Å²) in [5, 5.41) is 16.9. The van der Waals surface area contributed by atoms with Gasteiger partial charge in [-0.3, -0.25) is 0 Å². The number of aliphatic hydroxyl groups is 1. The van der Waals surface area contributed by atoms with E-state index in [1.165, 1.54) is 103 Å². The number of carboxylic acids is 1. The van der Waals surface area contributed by atoms with Crippen LogP contribution in [0.2, 0.25) is 0 Å². The lowest BCUT2D eigenvalue weighted by Gasteiger charge is -2.07. The number of rotatable bonds is 47. The Morgan fingerprint density at radius 3 is 0.796 bits per heavy atom. The largest absolute Gasteiger partial charge is 0.480 e. The summed E-state index contributed by atoms with van der Waals surface area (Å²) in [6.07, 6.45) is 23.5. The molecule has 0 aromatic carbocycles. The van der Waals surface area contributed by atoms with Gasteiger partial charge >= 0.3 is 5.97 Å². The second-order valence-electron chi connectivity index (χ2n) is 12.9. The lowest BCUT2D eigenvalue weighted by molar-refractivity contribution is -0.142. The fourth-order valence-electron chi connectivity index (χ4n) is 4.97. The van der Waals surface area contributed by atoms with Gasteiger partial charge in [0.15, 0.2) is 0 Å². The normalized spacial score (nSPS) is 11.2. The molecule has 326 valence electrons. The molecule has 0 radical (unpaired) electrons. The molecule has 2 N–H and O–H groups in total. The van der Waals surface area contributed by atoms with Crippen molar-refractivity contribution in [2.24, 2.45) is 0 Å². The molecule has 0 saturated heterocycles. The van der Waals surface area contributed by atoms with Crippen molar-refractivity contribution in [3.05, 3.63) is 0 Å². The first kappa shape index (κ1) is 55.9. The minimum atomic E-state index is -0.976. The fourth-order valence-corrected chi connectivity index (χ4v) is 5.42. The molecule has 0 heterocycles. The van der Waals surface area contributed by atoms with Crippen LogP contribution < -0.4 is 0 Å². The van der Waals surface area contributed by atoms with Crippen molar-refractivity contribution in [2.75, 3.05) is 137 Å². The number of carbonyl (C=O) groups is 1. The minimum absolute atomic E-state index is 0.0557. The van der Waals surface area contributed by atoms with Crippen molar-refractivity contribution in [3.63, 3.8) is 0 Å². The Kier molecular flexibility index (Phi) is 56.8. The molecule has 0 fully saturated rings. The number of ether oxygens (including phenoxy) is 9. The molecule has 0 rings (SSSR count). The quantitative estimate of drug-likeness (QED) is 0.0369. The van der Waals surface area contributed by atoms with Crippen LogP contribution in [0.5, 0.6) is 0 Å². The van der Waals surface area contributed by atoms with E-state index in [0.717, 1.165) is 37.6 Å². The third-order valence-corrected chi connectivity index (χ3v) is 8.59. The summed E-state index contributed by atoms with van der Waals surface area (Å²) in [5.74, 6) is 1.07. The zero-order chi connectivity index (χ0) is 39.5. The van der Waals surface area contributed by atoms with Gasteiger partial charge in [0.1, 0.15) is 6.61 Å². The molecular weight excluding hydrogens is 737 g/mol. The highest BCUT2D eigenvalue weighted by Crippen LogP contribution is 2.11. The average molecular weight is 819 g/mol. The topological polar surface area (TPSA) is 141 Å². The molecule has 0 aliphatic heterocycles. The second kappa shape index (κ2) is 54.9. The first-order valence-electron chi connectivity index (χ1n) is 20.9. The van der Waals surface area contributed by atoms with Gasteiger partial charge < -0.3 is 52.8 Å². The average Bonchev–Trinajstić information content (AvgIpc) is 3.17.